The van der Waals surface area contributed by atoms with Crippen molar-refractivity contribution in [2.45, 2.75) is 25.9 Å². The minimum Gasteiger partial charge on any atom is -0.759 e. The normalized spacial score (nSPS) is 18.2. The molecular weight excluding hydrogens is 540 g/mol. The molecule has 0 radical (unpaired) electrons. The summed E-state index contributed by atoms with van der Waals surface area (Å²) in [6.07, 6.45) is -0.245. The number of rotatable bonds is 8. The van der Waals surface area contributed by atoms with Gasteiger partial charge in [0, 0.05) is 79.9 Å². The molecule has 2 fully saturated rings. The quantitative estimate of drug-likeness (QED) is 0.323. The molecule has 0 saturated carbocycles. The highest BCUT2D eigenvalue weighted by atomic mass is 32.2. The molecule has 10 heteroatoms. The number of carbonyl (C=O) groups is 1. The highest BCUT2D eigenvalue weighted by molar-refractivity contribution is 7.76. The van der Waals surface area contributed by atoms with Crippen LogP contribution in [0.1, 0.15) is 30.0 Å². The van der Waals surface area contributed by atoms with Crippen molar-refractivity contribution in [3.63, 3.8) is 0 Å². The van der Waals surface area contributed by atoms with Crippen LogP contribution in [0.5, 0.6) is 0 Å². The zero-order valence-electron chi connectivity index (χ0n) is 23.2. The number of carboxylic acids is 1. The van der Waals surface area contributed by atoms with Crippen molar-refractivity contribution >= 4 is 33.7 Å². The van der Waals surface area contributed by atoms with Crippen molar-refractivity contribution in [3.05, 3.63) is 77.4 Å². The zero-order chi connectivity index (χ0) is 28.8. The van der Waals surface area contributed by atoms with E-state index in [9.17, 15) is 13.6 Å². The van der Waals surface area contributed by atoms with Gasteiger partial charge in [-0.05, 0) is 59.7 Å². The van der Waals surface area contributed by atoms with E-state index in [0.717, 1.165) is 54.1 Å². The van der Waals surface area contributed by atoms with E-state index < -0.39 is 23.3 Å². The molecule has 216 valence electrons. The van der Waals surface area contributed by atoms with E-state index in [-0.39, 0.29) is 6.42 Å². The number of hydrogen-bond acceptors (Lipinski definition) is 7. The van der Waals surface area contributed by atoms with Gasteiger partial charge in [-0.3, -0.25) is 13.9 Å². The second-order valence-corrected chi connectivity index (χ2v) is 11.3. The Labute approximate surface area is 243 Å². The number of benzene rings is 3. The minimum absolute atomic E-state index is 0.245. The molecule has 2 atom stereocenters. The Morgan fingerprint density at radius 2 is 1.68 bits per heavy atom. The number of piperazine rings is 1. The third-order valence-corrected chi connectivity index (χ3v) is 8.48. The number of hydrogen-bond donors (Lipinski definition) is 1. The molecule has 3 aromatic carbocycles. The number of morpholine rings is 1. The molecule has 0 aliphatic carbocycles. The first kappa shape index (κ1) is 29.2. The highest BCUT2D eigenvalue weighted by Crippen LogP contribution is 2.23. The summed E-state index contributed by atoms with van der Waals surface area (Å²) in [7, 11) is 0. The van der Waals surface area contributed by atoms with E-state index in [1.807, 2.05) is 24.3 Å². The number of ether oxygens (including phenoxy) is 1. The van der Waals surface area contributed by atoms with Gasteiger partial charge >= 0.3 is 5.97 Å². The molecule has 1 N–H and O–H groups in total. The fourth-order valence-corrected chi connectivity index (χ4v) is 6.18. The van der Waals surface area contributed by atoms with Crippen LogP contribution in [-0.2, 0) is 27.3 Å². The van der Waals surface area contributed by atoms with Gasteiger partial charge in [-0.1, -0.05) is 36.1 Å². The van der Waals surface area contributed by atoms with Gasteiger partial charge in [0.15, 0.2) is 0 Å². The van der Waals surface area contributed by atoms with Crippen LogP contribution in [0.15, 0.2) is 60.7 Å². The monoisotopic (exact) mass is 575 g/mol. The number of carboxylic acid groups (broad SMARTS) is 1. The number of aliphatic carboxylic acids is 1. The van der Waals surface area contributed by atoms with Crippen LogP contribution in [-0.4, -0.2) is 92.7 Å². The maximum atomic E-state index is 11.8. The number of anilines is 1. The van der Waals surface area contributed by atoms with Gasteiger partial charge in [-0.2, -0.15) is 4.41 Å². The van der Waals surface area contributed by atoms with Crippen LogP contribution in [0, 0.1) is 11.8 Å². The summed E-state index contributed by atoms with van der Waals surface area (Å²) >= 11 is -2.53. The lowest BCUT2D eigenvalue weighted by Gasteiger charge is -2.44. The third kappa shape index (κ3) is 7.51. The van der Waals surface area contributed by atoms with Gasteiger partial charge in [-0.15, -0.1) is 0 Å². The smallest absolute Gasteiger partial charge is 0.305 e. The zero-order valence-corrected chi connectivity index (χ0v) is 24.0. The van der Waals surface area contributed by atoms with Gasteiger partial charge in [0.25, 0.3) is 0 Å². The van der Waals surface area contributed by atoms with Crippen molar-refractivity contribution in [3.8, 4) is 11.8 Å². The van der Waals surface area contributed by atoms with Gasteiger partial charge in [-0.25, -0.2) is 5.01 Å². The van der Waals surface area contributed by atoms with E-state index in [1.54, 1.807) is 11.9 Å². The van der Waals surface area contributed by atoms with Crippen LogP contribution >= 0.6 is 0 Å². The molecule has 0 amide bonds. The van der Waals surface area contributed by atoms with Crippen molar-refractivity contribution < 1.29 is 23.4 Å². The van der Waals surface area contributed by atoms with E-state index in [2.05, 4.69) is 58.0 Å². The van der Waals surface area contributed by atoms with Crippen LogP contribution in [0.2, 0.25) is 0 Å². The first-order chi connectivity index (χ1) is 19.9. The predicted octanol–water partition coefficient (Wildman–Crippen LogP) is 3.07. The average molecular weight is 576 g/mol. The molecule has 5 rings (SSSR count). The second kappa shape index (κ2) is 13.6. The fourth-order valence-electron chi connectivity index (χ4n) is 5.46. The summed E-state index contributed by atoms with van der Waals surface area (Å²) in [5.41, 5.74) is 4.24. The van der Waals surface area contributed by atoms with E-state index in [0.29, 0.717) is 26.2 Å². The van der Waals surface area contributed by atoms with Crippen molar-refractivity contribution in [1.82, 2.24) is 14.3 Å². The molecule has 0 aromatic heterocycles. The maximum absolute atomic E-state index is 11.8. The van der Waals surface area contributed by atoms with Gasteiger partial charge < -0.3 is 19.3 Å². The van der Waals surface area contributed by atoms with Crippen LogP contribution in [0.3, 0.4) is 0 Å². The Kier molecular flexibility index (Phi) is 9.67. The minimum atomic E-state index is -2.53. The fraction of sp³-hybridized carbons (Fsp3) is 0.387. The summed E-state index contributed by atoms with van der Waals surface area (Å²) in [5.74, 6) is 5.59. The standard InChI is InChI=1S/C31H36N4O5S/c1-24(21-31(36)37)35(41(38)39)34-15-13-33(14-16-34)29-11-8-25(9-12-29)5-6-26-7-10-27-3-2-4-28(30(27)22-26)23-32-17-19-40-20-18-32/h2-4,7-12,22,24H,13-21,23H2,1H3,(H,36,37)(H,38,39)/p-1. The summed E-state index contributed by atoms with van der Waals surface area (Å²) in [5, 5.41) is 13.2. The highest BCUT2D eigenvalue weighted by Gasteiger charge is 2.28. The molecule has 41 heavy (non-hydrogen) atoms. The summed E-state index contributed by atoms with van der Waals surface area (Å²) < 4.78 is 30.2. The van der Waals surface area contributed by atoms with Crippen molar-refractivity contribution in [1.29, 1.82) is 0 Å². The average Bonchev–Trinajstić information content (AvgIpc) is 2.97. The number of hydrazine groups is 1. The third-order valence-electron chi connectivity index (χ3n) is 7.59. The van der Waals surface area contributed by atoms with E-state index in [1.165, 1.54) is 16.3 Å². The maximum Gasteiger partial charge on any atom is 0.305 e. The molecule has 2 heterocycles. The molecule has 2 saturated heterocycles. The van der Waals surface area contributed by atoms with E-state index >= 15 is 0 Å². The van der Waals surface area contributed by atoms with Crippen LogP contribution < -0.4 is 4.90 Å². The molecule has 0 bridgehead atoms. The lowest BCUT2D eigenvalue weighted by molar-refractivity contribution is -0.139. The number of nitrogens with zero attached hydrogens (tertiary/aromatic N) is 4. The molecule has 2 aliphatic rings. The lowest BCUT2D eigenvalue weighted by atomic mass is 10.0. The topological polar surface area (TPSA) is 99.6 Å². The molecule has 2 unspecified atom stereocenters. The predicted molar refractivity (Wildman–Crippen MR) is 159 cm³/mol. The van der Waals surface area contributed by atoms with Crippen LogP contribution in [0.25, 0.3) is 10.8 Å². The largest absolute Gasteiger partial charge is 0.759 e. The molecule has 2 aliphatic heterocycles. The van der Waals surface area contributed by atoms with Gasteiger partial charge in [0.2, 0.25) is 0 Å². The van der Waals surface area contributed by atoms with Gasteiger partial charge in [0.1, 0.15) is 0 Å². The summed E-state index contributed by atoms with van der Waals surface area (Å²) in [4.78, 5) is 15.7. The Morgan fingerprint density at radius 3 is 2.37 bits per heavy atom. The number of fused-ring (bicyclic) bond motifs is 1. The SMILES string of the molecule is CC(CC(=O)O)N(N1CCN(c2ccc(C#Cc3ccc4cccc(CN5CCOCC5)c4c3)cc2)CC1)S(=O)[O-]. The van der Waals surface area contributed by atoms with Crippen molar-refractivity contribution in [2.75, 3.05) is 57.4 Å². The first-order valence-electron chi connectivity index (χ1n) is 13.9. The summed E-state index contributed by atoms with van der Waals surface area (Å²) in [6.45, 7) is 8.20. The Hall–Kier alpha value is -3.30. The Morgan fingerprint density at radius 1 is 1.00 bits per heavy atom. The molecular formula is C31H35N4O5S-. The lowest BCUT2D eigenvalue weighted by Crippen LogP contribution is -2.57. The Bertz CT molecular complexity index is 1440. The summed E-state index contributed by atoms with van der Waals surface area (Å²) in [6, 6.07) is 20.3. The second-order valence-electron chi connectivity index (χ2n) is 10.4. The molecule has 3 aromatic rings. The van der Waals surface area contributed by atoms with Crippen molar-refractivity contribution in [2.24, 2.45) is 0 Å². The first-order valence-corrected chi connectivity index (χ1v) is 14.9. The Balaban J connectivity index is 1.22. The van der Waals surface area contributed by atoms with Crippen LogP contribution in [0.4, 0.5) is 5.69 Å². The molecule has 0 spiro atoms. The van der Waals surface area contributed by atoms with E-state index in [4.69, 9.17) is 9.84 Å². The van der Waals surface area contributed by atoms with Gasteiger partial charge in [0.05, 0.1) is 19.6 Å². The molecule has 9 nitrogen and oxygen atoms in total.